The standard InChI is InChI=1S/C58H76Cl2N12O9S2/c1-41-7-5-9-47(59)45(41)35-49(73)51-39-61-57(82-51)67-53-37-55(65-43(3)63-53)71-15-11-69(12-16-71)19-21-75-23-25-77-27-29-79-31-33-81-34-32-80-30-28-78-26-24-76-22-20-70-13-17-72(18-14-70)56-38-54(64-44(4)66-56)68-58-62-40-52(83-58)50(74)36-46-42(2)8-6-10-48(46)60/h5-10,37-40H,11-36H2,1-4H3,(H,61,63,65,67)(H,62,64,66,68). The molecule has 0 unspecified atom stereocenters. The molecular formula is C58H76Cl2N12O9S2. The summed E-state index contributed by atoms with van der Waals surface area (Å²) in [5.74, 6) is 4.23. The number of nitrogens with zero attached hydrogens (tertiary/aromatic N) is 10. The Balaban J connectivity index is 0.557. The molecular weight excluding hydrogens is 1140 g/mol. The van der Waals surface area contributed by atoms with Crippen molar-refractivity contribution < 1.29 is 42.7 Å². The second kappa shape index (κ2) is 33.9. The minimum absolute atomic E-state index is 0.0274. The number of Topliss-reactive ketones (excluding diaryl/α,β-unsaturated/α-hetero) is 2. The molecule has 0 spiro atoms. The number of hydrogen-bond acceptors (Lipinski definition) is 23. The third-order valence-corrected chi connectivity index (χ3v) is 16.4. The Labute approximate surface area is 504 Å². The Kier molecular flexibility index (Phi) is 26.0. The van der Waals surface area contributed by atoms with Gasteiger partial charge < -0.3 is 53.6 Å². The van der Waals surface area contributed by atoms with Crippen molar-refractivity contribution in [2.75, 3.05) is 178 Å². The van der Waals surface area contributed by atoms with E-state index in [1.54, 1.807) is 12.4 Å². The minimum atomic E-state index is -0.0274. The number of nitrogens with one attached hydrogen (secondary N) is 2. The molecule has 25 heteroatoms. The van der Waals surface area contributed by atoms with Crippen LogP contribution < -0.4 is 20.4 Å². The van der Waals surface area contributed by atoms with E-state index < -0.39 is 0 Å². The van der Waals surface area contributed by atoms with Crippen molar-refractivity contribution in [3.8, 4) is 0 Å². The van der Waals surface area contributed by atoms with Crippen LogP contribution in [0.25, 0.3) is 0 Å². The third kappa shape index (κ3) is 21.0. The summed E-state index contributed by atoms with van der Waals surface area (Å²) >= 11 is 15.3. The lowest BCUT2D eigenvalue weighted by molar-refractivity contribution is -0.0215. The quantitative estimate of drug-likeness (QED) is 0.0281. The molecule has 8 rings (SSSR count). The molecule has 21 nitrogen and oxygen atoms in total. The van der Waals surface area contributed by atoms with Gasteiger partial charge in [0.1, 0.15) is 34.9 Å². The van der Waals surface area contributed by atoms with Gasteiger partial charge in [0.15, 0.2) is 21.8 Å². The maximum Gasteiger partial charge on any atom is 0.188 e. The number of ketones is 2. The molecule has 0 atom stereocenters. The lowest BCUT2D eigenvalue weighted by atomic mass is 10.0. The summed E-state index contributed by atoms with van der Waals surface area (Å²) in [5.41, 5.74) is 3.66. The van der Waals surface area contributed by atoms with Crippen LogP contribution in [0, 0.1) is 27.7 Å². The number of ether oxygens (including phenoxy) is 7. The van der Waals surface area contributed by atoms with Gasteiger partial charge in [-0.05, 0) is 62.1 Å². The minimum Gasteiger partial charge on any atom is -0.378 e. The van der Waals surface area contributed by atoms with E-state index >= 15 is 0 Å². The van der Waals surface area contributed by atoms with E-state index in [1.165, 1.54) is 22.7 Å². The summed E-state index contributed by atoms with van der Waals surface area (Å²) in [7, 11) is 0. The normalized spacial score (nSPS) is 14.2. The Hall–Kier alpha value is -5.38. The first-order valence-electron chi connectivity index (χ1n) is 28.1. The Bertz CT molecular complexity index is 2740. The van der Waals surface area contributed by atoms with Crippen LogP contribution in [0.2, 0.25) is 10.0 Å². The maximum atomic E-state index is 13.1. The van der Waals surface area contributed by atoms with Crippen molar-refractivity contribution >= 4 is 91.0 Å². The monoisotopic (exact) mass is 1220 g/mol. The van der Waals surface area contributed by atoms with Crippen molar-refractivity contribution in [2.24, 2.45) is 0 Å². The topological polar surface area (TPSA) is 213 Å². The zero-order chi connectivity index (χ0) is 58.2. The van der Waals surface area contributed by atoms with Crippen LogP contribution in [0.1, 0.15) is 53.2 Å². The largest absolute Gasteiger partial charge is 0.378 e. The molecule has 2 saturated heterocycles. The van der Waals surface area contributed by atoms with Crippen LogP contribution >= 0.6 is 45.9 Å². The van der Waals surface area contributed by atoms with E-state index in [1.807, 2.05) is 76.2 Å². The van der Waals surface area contributed by atoms with Gasteiger partial charge in [-0.2, -0.15) is 0 Å². The molecule has 0 aliphatic carbocycles. The maximum absolute atomic E-state index is 13.1. The SMILES string of the molecule is Cc1nc(Nc2ncc(C(=O)Cc3c(C)cccc3Cl)s2)cc(N2CCN(CCOCCOCCOCCOCCOCCOCCOCCN3CCN(c4cc(Nc5ncc(C(=O)Cc6c(C)cccc6Cl)s5)nc(C)n4)CC3)CC2)n1. The van der Waals surface area contributed by atoms with Gasteiger partial charge in [0.2, 0.25) is 0 Å². The molecule has 83 heavy (non-hydrogen) atoms. The predicted molar refractivity (Wildman–Crippen MR) is 326 cm³/mol. The molecule has 4 aromatic heterocycles. The molecule has 2 aliphatic heterocycles. The first kappa shape index (κ1) is 63.6. The van der Waals surface area contributed by atoms with Gasteiger partial charge in [-0.25, -0.2) is 29.9 Å². The molecule has 448 valence electrons. The third-order valence-electron chi connectivity index (χ3n) is 13.8. The molecule has 0 bridgehead atoms. The van der Waals surface area contributed by atoms with Crippen molar-refractivity contribution in [3.05, 3.63) is 115 Å². The number of anilines is 6. The van der Waals surface area contributed by atoms with E-state index in [-0.39, 0.29) is 24.4 Å². The van der Waals surface area contributed by atoms with Crippen LogP contribution in [-0.2, 0) is 46.0 Å². The van der Waals surface area contributed by atoms with E-state index in [9.17, 15) is 9.59 Å². The average Bonchev–Trinajstić information content (AvgIpc) is 4.40. The summed E-state index contributed by atoms with van der Waals surface area (Å²) in [4.78, 5) is 64.0. The lowest BCUT2D eigenvalue weighted by Crippen LogP contribution is -2.47. The Morgan fingerprint density at radius 1 is 0.482 bits per heavy atom. The predicted octanol–water partition coefficient (Wildman–Crippen LogP) is 8.12. The summed E-state index contributed by atoms with van der Waals surface area (Å²) in [6, 6.07) is 15.2. The van der Waals surface area contributed by atoms with Gasteiger partial charge in [0.05, 0.1) is 115 Å². The second-order valence-electron chi connectivity index (χ2n) is 19.8. The van der Waals surface area contributed by atoms with Crippen LogP contribution in [0.15, 0.2) is 60.9 Å². The van der Waals surface area contributed by atoms with E-state index in [2.05, 4.69) is 50.2 Å². The van der Waals surface area contributed by atoms with Crippen molar-refractivity contribution in [1.82, 2.24) is 39.7 Å². The highest BCUT2D eigenvalue weighted by atomic mass is 35.5. The summed E-state index contributed by atoms with van der Waals surface area (Å²) in [6.07, 6.45) is 3.65. The Morgan fingerprint density at radius 3 is 1.16 bits per heavy atom. The van der Waals surface area contributed by atoms with E-state index in [0.717, 1.165) is 99.3 Å². The molecule has 2 fully saturated rings. The van der Waals surface area contributed by atoms with Crippen LogP contribution in [-0.4, -0.2) is 209 Å². The number of carbonyl (C=O) groups excluding carboxylic acids is 2. The van der Waals surface area contributed by atoms with Crippen LogP contribution in [0.4, 0.5) is 33.5 Å². The molecule has 2 N–H and O–H groups in total. The van der Waals surface area contributed by atoms with Gasteiger partial charge in [0, 0.05) is 100 Å². The zero-order valence-electron chi connectivity index (χ0n) is 47.9. The van der Waals surface area contributed by atoms with Gasteiger partial charge in [0.25, 0.3) is 0 Å². The lowest BCUT2D eigenvalue weighted by Gasteiger charge is -2.35. The van der Waals surface area contributed by atoms with Crippen molar-refractivity contribution in [1.29, 1.82) is 0 Å². The number of benzene rings is 2. The highest BCUT2D eigenvalue weighted by Gasteiger charge is 2.23. The summed E-state index contributed by atoms with van der Waals surface area (Å²) in [6.45, 7) is 23.5. The summed E-state index contributed by atoms with van der Waals surface area (Å²) < 4.78 is 39.9. The first-order valence-corrected chi connectivity index (χ1v) is 30.5. The number of hydrogen-bond donors (Lipinski definition) is 2. The molecule has 2 aromatic carbocycles. The molecule has 2 aliphatic rings. The summed E-state index contributed by atoms with van der Waals surface area (Å²) in [5, 5.41) is 8.92. The fourth-order valence-corrected chi connectivity index (χ4v) is 11.3. The van der Waals surface area contributed by atoms with E-state index in [0.29, 0.717) is 146 Å². The van der Waals surface area contributed by atoms with Gasteiger partial charge in [-0.1, -0.05) is 70.1 Å². The fraction of sp³-hybridized carbons (Fsp3) is 0.517. The van der Waals surface area contributed by atoms with E-state index in [4.69, 9.17) is 66.3 Å². The zero-order valence-corrected chi connectivity index (χ0v) is 51.0. The fourth-order valence-electron chi connectivity index (χ4n) is 9.18. The number of halogens is 2. The van der Waals surface area contributed by atoms with Gasteiger partial charge in [-0.3, -0.25) is 19.4 Å². The highest BCUT2D eigenvalue weighted by molar-refractivity contribution is 7.17. The number of rotatable bonds is 36. The molecule has 6 heterocycles. The van der Waals surface area contributed by atoms with Crippen molar-refractivity contribution in [2.45, 2.75) is 40.5 Å². The van der Waals surface area contributed by atoms with Gasteiger partial charge in [-0.15, -0.1) is 0 Å². The smallest absolute Gasteiger partial charge is 0.188 e. The number of aryl methyl sites for hydroxylation is 4. The van der Waals surface area contributed by atoms with Crippen LogP contribution in [0.3, 0.4) is 0 Å². The Morgan fingerprint density at radius 2 is 0.819 bits per heavy atom. The second-order valence-corrected chi connectivity index (χ2v) is 22.7. The molecule has 0 saturated carbocycles. The van der Waals surface area contributed by atoms with Gasteiger partial charge >= 0.3 is 0 Å². The van der Waals surface area contributed by atoms with Crippen molar-refractivity contribution in [3.63, 3.8) is 0 Å². The highest BCUT2D eigenvalue weighted by Crippen LogP contribution is 2.30. The molecule has 6 aromatic rings. The first-order chi connectivity index (χ1) is 40.4. The molecule has 0 amide bonds. The number of thiazole rings is 2. The number of aromatic nitrogens is 6. The average molecular weight is 1220 g/mol. The van der Waals surface area contributed by atoms with Crippen LogP contribution in [0.5, 0.6) is 0 Å². The number of piperazine rings is 2. The number of carbonyl (C=O) groups is 2. The molecule has 0 radical (unpaired) electrons.